The minimum Gasteiger partial charge on any atom is -0.381 e. The number of carbonyl (C=O) groups is 1. The molecular formula is C18H25N3O3. The van der Waals surface area contributed by atoms with Gasteiger partial charge in [0.25, 0.3) is 5.56 Å². The summed E-state index contributed by atoms with van der Waals surface area (Å²) in [6.07, 6.45) is 1.91. The van der Waals surface area contributed by atoms with Gasteiger partial charge in [-0.05, 0) is 44.7 Å². The molecule has 1 saturated heterocycles. The Morgan fingerprint density at radius 1 is 1.46 bits per heavy atom. The second-order valence-electron chi connectivity index (χ2n) is 6.33. The molecule has 0 spiro atoms. The first kappa shape index (κ1) is 18.2. The molecule has 24 heavy (non-hydrogen) atoms. The smallest absolute Gasteiger partial charge is 0.266 e. The van der Waals surface area contributed by atoms with Crippen LogP contribution in [0.4, 0.5) is 0 Å². The van der Waals surface area contributed by atoms with Crippen LogP contribution in [0.1, 0.15) is 42.1 Å². The maximum atomic E-state index is 12.5. The van der Waals surface area contributed by atoms with Gasteiger partial charge >= 0.3 is 0 Å². The Labute approximate surface area is 142 Å². The third-order valence-corrected chi connectivity index (χ3v) is 4.75. The summed E-state index contributed by atoms with van der Waals surface area (Å²) in [6, 6.07) is 1.95. The Kier molecular flexibility index (Phi) is 6.16. The molecule has 1 aliphatic heterocycles. The highest BCUT2D eigenvalue weighted by atomic mass is 16.5. The zero-order chi connectivity index (χ0) is 17.7. The quantitative estimate of drug-likeness (QED) is 0.859. The lowest BCUT2D eigenvalue weighted by molar-refractivity contribution is -0.131. The average molecular weight is 331 g/mol. The number of nitriles is 1. The fourth-order valence-electron chi connectivity index (χ4n) is 3.26. The molecule has 0 aliphatic carbocycles. The van der Waals surface area contributed by atoms with Crippen molar-refractivity contribution in [3.63, 3.8) is 0 Å². The molecule has 6 nitrogen and oxygen atoms in total. The molecule has 1 amide bonds. The standard InChI is InChI=1S/C18H25N3O3/c1-4-21(10-14-7-8-24-11-14)17(22)6-5-15-12(2)16(9-19)18(23)20-13(15)3/h14H,4-8,10-11H2,1-3H3,(H,20,23)/t14-/m0/s1. The van der Waals surface area contributed by atoms with E-state index in [0.717, 1.165) is 37.4 Å². The first-order valence-electron chi connectivity index (χ1n) is 8.45. The van der Waals surface area contributed by atoms with Crippen LogP contribution in [0.15, 0.2) is 4.79 Å². The lowest BCUT2D eigenvalue weighted by Crippen LogP contribution is -2.35. The van der Waals surface area contributed by atoms with Crippen molar-refractivity contribution in [3.05, 3.63) is 32.7 Å². The van der Waals surface area contributed by atoms with Gasteiger partial charge in [-0.15, -0.1) is 0 Å². The third kappa shape index (κ3) is 4.04. The molecule has 2 heterocycles. The van der Waals surface area contributed by atoms with Gasteiger partial charge in [-0.1, -0.05) is 0 Å². The summed E-state index contributed by atoms with van der Waals surface area (Å²) in [4.78, 5) is 28.9. The first-order chi connectivity index (χ1) is 11.5. The van der Waals surface area contributed by atoms with Crippen LogP contribution in [0.3, 0.4) is 0 Å². The first-order valence-corrected chi connectivity index (χ1v) is 8.45. The van der Waals surface area contributed by atoms with Crippen LogP contribution >= 0.6 is 0 Å². The number of aromatic nitrogens is 1. The number of aromatic amines is 1. The maximum Gasteiger partial charge on any atom is 0.266 e. The van der Waals surface area contributed by atoms with Crippen LogP contribution in [0.5, 0.6) is 0 Å². The average Bonchev–Trinajstić information content (AvgIpc) is 3.05. The Morgan fingerprint density at radius 2 is 2.21 bits per heavy atom. The molecule has 130 valence electrons. The zero-order valence-corrected chi connectivity index (χ0v) is 14.6. The summed E-state index contributed by atoms with van der Waals surface area (Å²) in [5, 5.41) is 9.12. The molecule has 2 rings (SSSR count). The molecule has 6 heteroatoms. The number of aryl methyl sites for hydroxylation is 1. The van der Waals surface area contributed by atoms with Gasteiger partial charge in [-0.3, -0.25) is 9.59 Å². The van der Waals surface area contributed by atoms with Crippen molar-refractivity contribution in [1.82, 2.24) is 9.88 Å². The highest BCUT2D eigenvalue weighted by molar-refractivity contribution is 5.76. The highest BCUT2D eigenvalue weighted by Crippen LogP contribution is 2.17. The van der Waals surface area contributed by atoms with E-state index in [1.165, 1.54) is 0 Å². The number of amides is 1. The molecule has 0 radical (unpaired) electrons. The molecule has 0 unspecified atom stereocenters. The number of pyridine rings is 1. The monoisotopic (exact) mass is 331 g/mol. The van der Waals surface area contributed by atoms with Crippen molar-refractivity contribution < 1.29 is 9.53 Å². The van der Waals surface area contributed by atoms with Crippen molar-refractivity contribution in [2.45, 2.75) is 40.0 Å². The van der Waals surface area contributed by atoms with E-state index in [1.54, 1.807) is 6.92 Å². The van der Waals surface area contributed by atoms with Gasteiger partial charge in [0.15, 0.2) is 0 Å². The zero-order valence-electron chi connectivity index (χ0n) is 14.6. The number of rotatable bonds is 6. The van der Waals surface area contributed by atoms with Gasteiger partial charge in [0, 0.05) is 37.7 Å². The van der Waals surface area contributed by atoms with Crippen LogP contribution in [-0.4, -0.2) is 42.1 Å². The number of carbonyl (C=O) groups excluding carboxylic acids is 1. The Hall–Kier alpha value is -2.13. The number of hydrogen-bond acceptors (Lipinski definition) is 4. The molecule has 1 N–H and O–H groups in total. The molecule has 1 fully saturated rings. The van der Waals surface area contributed by atoms with E-state index < -0.39 is 0 Å². The second kappa shape index (κ2) is 8.11. The van der Waals surface area contributed by atoms with Gasteiger partial charge in [-0.2, -0.15) is 5.26 Å². The van der Waals surface area contributed by atoms with E-state index in [4.69, 9.17) is 10.00 Å². The van der Waals surface area contributed by atoms with E-state index in [0.29, 0.717) is 30.9 Å². The van der Waals surface area contributed by atoms with Gasteiger partial charge in [0.2, 0.25) is 5.91 Å². The van der Waals surface area contributed by atoms with Crippen molar-refractivity contribution in [3.8, 4) is 6.07 Å². The molecule has 0 aromatic carbocycles. The number of nitrogens with one attached hydrogen (secondary N) is 1. The second-order valence-corrected chi connectivity index (χ2v) is 6.33. The van der Waals surface area contributed by atoms with Crippen molar-refractivity contribution in [1.29, 1.82) is 5.26 Å². The van der Waals surface area contributed by atoms with Crippen LogP contribution in [0, 0.1) is 31.1 Å². The Balaban J connectivity index is 2.05. The highest BCUT2D eigenvalue weighted by Gasteiger charge is 2.22. The molecule has 1 aromatic rings. The number of H-pyrrole nitrogens is 1. The number of ether oxygens (including phenoxy) is 1. The van der Waals surface area contributed by atoms with E-state index >= 15 is 0 Å². The summed E-state index contributed by atoms with van der Waals surface area (Å²) in [5.74, 6) is 0.531. The maximum absolute atomic E-state index is 12.5. The largest absolute Gasteiger partial charge is 0.381 e. The Morgan fingerprint density at radius 3 is 2.79 bits per heavy atom. The summed E-state index contributed by atoms with van der Waals surface area (Å²) in [5.41, 5.74) is 2.08. The van der Waals surface area contributed by atoms with Crippen LogP contribution in [-0.2, 0) is 16.0 Å². The predicted molar refractivity (Wildman–Crippen MR) is 90.8 cm³/mol. The topological polar surface area (TPSA) is 86.2 Å². The van der Waals surface area contributed by atoms with Crippen LogP contribution in [0.2, 0.25) is 0 Å². The van der Waals surface area contributed by atoms with Crippen LogP contribution < -0.4 is 5.56 Å². The molecule has 1 aliphatic rings. The predicted octanol–water partition coefficient (Wildman–Crippen LogP) is 1.68. The molecular weight excluding hydrogens is 306 g/mol. The van der Waals surface area contributed by atoms with E-state index in [9.17, 15) is 9.59 Å². The number of nitrogens with zero attached hydrogens (tertiary/aromatic N) is 2. The van der Waals surface area contributed by atoms with Gasteiger partial charge in [0.1, 0.15) is 11.6 Å². The van der Waals surface area contributed by atoms with Crippen LogP contribution in [0.25, 0.3) is 0 Å². The van der Waals surface area contributed by atoms with Gasteiger partial charge in [0.05, 0.1) is 6.61 Å². The van der Waals surface area contributed by atoms with Crippen molar-refractivity contribution in [2.75, 3.05) is 26.3 Å². The SMILES string of the molecule is CCN(C[C@@H]1CCOC1)C(=O)CCc1c(C)[nH]c(=O)c(C#N)c1C. The van der Waals surface area contributed by atoms with E-state index in [1.807, 2.05) is 24.8 Å². The Bertz CT molecular complexity index is 697. The molecule has 1 aromatic heterocycles. The van der Waals surface area contributed by atoms with E-state index in [-0.39, 0.29) is 17.0 Å². The van der Waals surface area contributed by atoms with Gasteiger partial charge < -0.3 is 14.6 Å². The summed E-state index contributed by atoms with van der Waals surface area (Å²) in [7, 11) is 0. The minimum absolute atomic E-state index is 0.105. The molecule has 0 saturated carbocycles. The van der Waals surface area contributed by atoms with Crippen molar-refractivity contribution in [2.24, 2.45) is 5.92 Å². The molecule has 0 bridgehead atoms. The summed E-state index contributed by atoms with van der Waals surface area (Å²) >= 11 is 0. The van der Waals surface area contributed by atoms with Crippen molar-refractivity contribution >= 4 is 5.91 Å². The lowest BCUT2D eigenvalue weighted by Gasteiger charge is -2.24. The lowest BCUT2D eigenvalue weighted by atomic mass is 9.98. The van der Waals surface area contributed by atoms with E-state index in [2.05, 4.69) is 4.98 Å². The summed E-state index contributed by atoms with van der Waals surface area (Å²) in [6.45, 7) is 8.50. The fraction of sp³-hybridized carbons (Fsp3) is 0.611. The number of hydrogen-bond donors (Lipinski definition) is 1. The minimum atomic E-state index is -0.362. The third-order valence-electron chi connectivity index (χ3n) is 4.75. The fourth-order valence-corrected chi connectivity index (χ4v) is 3.26. The van der Waals surface area contributed by atoms with Gasteiger partial charge in [-0.25, -0.2) is 0 Å². The normalized spacial score (nSPS) is 16.8. The molecule has 1 atom stereocenters. The summed E-state index contributed by atoms with van der Waals surface area (Å²) < 4.78 is 5.38.